The molecule has 2 heteroatoms. The standard InChI is InChI=1S/C63H42N2/c1-3-15-59-46(4-2)53-33-29-43(39-61(53)64(59)44-17-6-5-7-18-44)42-30-37-60-58(38-42)57-34-28-40-16-8-9-20-48(40)63(57)65(60)45-31-26-41(27-32-45)47-19-10-11-21-49(47)52-35-36-56-51-23-13-12-22-50(51)54-24-14-25-55(52)62(54)56/h3-39H,2H2,1H3/b15-3-. The van der Waals surface area contributed by atoms with Crippen LogP contribution in [0.25, 0.3) is 133 Å². The molecule has 12 aromatic rings. The first-order valence-corrected chi connectivity index (χ1v) is 22.5. The van der Waals surface area contributed by atoms with Crippen molar-refractivity contribution >= 4 is 66.4 Å². The van der Waals surface area contributed by atoms with Crippen molar-refractivity contribution in [2.75, 3.05) is 0 Å². The summed E-state index contributed by atoms with van der Waals surface area (Å²) in [6, 6.07) is 76.2. The molecule has 10 aromatic carbocycles. The van der Waals surface area contributed by atoms with Gasteiger partial charge in [0.1, 0.15) is 0 Å². The summed E-state index contributed by atoms with van der Waals surface area (Å²) in [7, 11) is 0. The molecule has 0 radical (unpaired) electrons. The predicted molar refractivity (Wildman–Crippen MR) is 278 cm³/mol. The van der Waals surface area contributed by atoms with E-state index in [1.807, 2.05) is 6.08 Å². The molecule has 0 spiro atoms. The third kappa shape index (κ3) is 5.54. The maximum absolute atomic E-state index is 4.23. The number of hydrogen-bond donors (Lipinski definition) is 0. The average molecular weight is 827 g/mol. The Morgan fingerprint density at radius 1 is 0.385 bits per heavy atom. The molecule has 0 saturated heterocycles. The molecule has 2 nitrogen and oxygen atoms in total. The van der Waals surface area contributed by atoms with E-state index in [1.165, 1.54) is 104 Å². The van der Waals surface area contributed by atoms with Gasteiger partial charge >= 0.3 is 0 Å². The molecule has 0 N–H and O–H groups in total. The zero-order chi connectivity index (χ0) is 43.2. The van der Waals surface area contributed by atoms with Gasteiger partial charge in [-0.1, -0.05) is 183 Å². The van der Waals surface area contributed by atoms with Crippen molar-refractivity contribution in [1.29, 1.82) is 0 Å². The second-order valence-corrected chi connectivity index (χ2v) is 17.2. The summed E-state index contributed by atoms with van der Waals surface area (Å²) >= 11 is 0. The molecule has 2 heterocycles. The van der Waals surface area contributed by atoms with Crippen LogP contribution < -0.4 is 0 Å². The molecule has 0 bridgehead atoms. The van der Waals surface area contributed by atoms with Crippen LogP contribution in [0.3, 0.4) is 0 Å². The topological polar surface area (TPSA) is 9.86 Å². The number of aromatic nitrogens is 2. The molecule has 0 atom stereocenters. The van der Waals surface area contributed by atoms with Crippen molar-refractivity contribution in [1.82, 2.24) is 9.13 Å². The first-order chi connectivity index (χ1) is 32.2. The highest BCUT2D eigenvalue weighted by Gasteiger charge is 2.24. The van der Waals surface area contributed by atoms with E-state index in [0.717, 1.165) is 28.1 Å². The van der Waals surface area contributed by atoms with E-state index < -0.39 is 0 Å². The van der Waals surface area contributed by atoms with Gasteiger partial charge in [-0.25, -0.2) is 0 Å². The molecular weight excluding hydrogens is 785 g/mol. The monoisotopic (exact) mass is 826 g/mol. The minimum absolute atomic E-state index is 1.13. The predicted octanol–water partition coefficient (Wildman–Crippen LogP) is 17.4. The summed E-state index contributed by atoms with van der Waals surface area (Å²) < 4.78 is 4.83. The maximum Gasteiger partial charge on any atom is 0.0619 e. The zero-order valence-corrected chi connectivity index (χ0v) is 36.0. The Balaban J connectivity index is 0.954. The third-order valence-corrected chi connectivity index (χ3v) is 13.8. The van der Waals surface area contributed by atoms with Crippen LogP contribution in [0.15, 0.2) is 219 Å². The van der Waals surface area contributed by atoms with E-state index in [-0.39, 0.29) is 0 Å². The van der Waals surface area contributed by atoms with Crippen LogP contribution in [0.1, 0.15) is 18.2 Å². The fourth-order valence-corrected chi connectivity index (χ4v) is 10.9. The van der Waals surface area contributed by atoms with E-state index in [2.05, 4.69) is 241 Å². The Bertz CT molecular complexity index is 3920. The molecule has 0 saturated carbocycles. The van der Waals surface area contributed by atoms with Gasteiger partial charge in [-0.3, -0.25) is 0 Å². The van der Waals surface area contributed by atoms with Gasteiger partial charge in [0.25, 0.3) is 0 Å². The van der Waals surface area contributed by atoms with E-state index in [9.17, 15) is 0 Å². The number of hydrogen-bond acceptors (Lipinski definition) is 0. The van der Waals surface area contributed by atoms with Crippen LogP contribution in [-0.2, 0) is 0 Å². The fraction of sp³-hybridized carbons (Fsp3) is 0.0159. The molecule has 13 rings (SSSR count). The Labute approximate surface area is 377 Å². The molecule has 0 amide bonds. The van der Waals surface area contributed by atoms with Crippen molar-refractivity contribution < 1.29 is 0 Å². The van der Waals surface area contributed by atoms with Crippen molar-refractivity contribution in [2.24, 2.45) is 0 Å². The Morgan fingerprint density at radius 2 is 0.985 bits per heavy atom. The van der Waals surface area contributed by atoms with Crippen molar-refractivity contribution in [3.05, 3.63) is 230 Å². The average Bonchev–Trinajstić information content (AvgIpc) is 4.00. The van der Waals surface area contributed by atoms with Crippen LogP contribution in [-0.4, -0.2) is 9.13 Å². The quantitative estimate of drug-likeness (QED) is 0.151. The summed E-state index contributed by atoms with van der Waals surface area (Å²) in [6.07, 6.45) is 6.28. The van der Waals surface area contributed by atoms with Crippen LogP contribution in [0.5, 0.6) is 0 Å². The van der Waals surface area contributed by atoms with Gasteiger partial charge in [0.05, 0.1) is 22.2 Å². The number of nitrogens with zero attached hydrogens (tertiary/aromatic N) is 2. The number of rotatable bonds is 7. The molecule has 304 valence electrons. The Hall–Kier alpha value is -8.46. The van der Waals surface area contributed by atoms with Gasteiger partial charge in [0.15, 0.2) is 0 Å². The molecular formula is C63H42N2. The minimum Gasteiger partial charge on any atom is -0.309 e. The SMILES string of the molecule is C=Cc1c(/C=C\C)n(-c2ccccc2)c2cc(-c3ccc4c(c3)c3ccc5ccccc5c3n4-c3ccc(-c4ccccc4-c4ccc5c6c(cccc46)-c4ccccc4-5)cc3)ccc12. The highest BCUT2D eigenvalue weighted by Crippen LogP contribution is 2.50. The number of fused-ring (bicyclic) bond motifs is 9. The summed E-state index contributed by atoms with van der Waals surface area (Å²) in [5.41, 5.74) is 20.6. The maximum atomic E-state index is 4.23. The minimum atomic E-state index is 1.13. The van der Waals surface area contributed by atoms with Crippen molar-refractivity contribution in [2.45, 2.75) is 6.92 Å². The zero-order valence-electron chi connectivity index (χ0n) is 36.0. The van der Waals surface area contributed by atoms with E-state index in [0.29, 0.717) is 0 Å². The van der Waals surface area contributed by atoms with Crippen LogP contribution in [0.2, 0.25) is 0 Å². The third-order valence-electron chi connectivity index (χ3n) is 13.8. The van der Waals surface area contributed by atoms with Gasteiger partial charge in [0.2, 0.25) is 0 Å². The summed E-state index contributed by atoms with van der Waals surface area (Å²) in [5.74, 6) is 0. The summed E-state index contributed by atoms with van der Waals surface area (Å²) in [4.78, 5) is 0. The first-order valence-electron chi connectivity index (χ1n) is 22.5. The second kappa shape index (κ2) is 14.6. The molecule has 0 fully saturated rings. The van der Waals surface area contributed by atoms with Gasteiger partial charge < -0.3 is 9.13 Å². The fourth-order valence-electron chi connectivity index (χ4n) is 10.9. The normalized spacial score (nSPS) is 12.1. The van der Waals surface area contributed by atoms with Gasteiger partial charge in [-0.2, -0.15) is 0 Å². The molecule has 0 aliphatic heterocycles. The lowest BCUT2D eigenvalue weighted by atomic mass is 9.89. The number of allylic oxidation sites excluding steroid dienone is 1. The van der Waals surface area contributed by atoms with Crippen molar-refractivity contribution in [3.8, 4) is 67.0 Å². The number of para-hydroxylation sites is 1. The molecule has 1 aliphatic carbocycles. The second-order valence-electron chi connectivity index (χ2n) is 17.2. The highest BCUT2D eigenvalue weighted by atomic mass is 15.0. The highest BCUT2D eigenvalue weighted by molar-refractivity contribution is 6.20. The van der Waals surface area contributed by atoms with Crippen LogP contribution >= 0.6 is 0 Å². The first kappa shape index (κ1) is 37.1. The van der Waals surface area contributed by atoms with Crippen molar-refractivity contribution in [3.63, 3.8) is 0 Å². The molecule has 1 aliphatic rings. The molecule has 2 aromatic heterocycles. The lowest BCUT2D eigenvalue weighted by Crippen LogP contribution is -1.96. The summed E-state index contributed by atoms with van der Waals surface area (Å²) in [6.45, 7) is 6.31. The van der Waals surface area contributed by atoms with Crippen LogP contribution in [0.4, 0.5) is 0 Å². The Kier molecular flexibility index (Phi) is 8.31. The molecule has 65 heavy (non-hydrogen) atoms. The smallest absolute Gasteiger partial charge is 0.0619 e. The summed E-state index contributed by atoms with van der Waals surface area (Å²) in [5, 5.41) is 8.76. The van der Waals surface area contributed by atoms with Gasteiger partial charge in [-0.05, 0) is 127 Å². The van der Waals surface area contributed by atoms with E-state index >= 15 is 0 Å². The number of benzene rings is 10. The largest absolute Gasteiger partial charge is 0.309 e. The lowest BCUT2D eigenvalue weighted by molar-refractivity contribution is 1.10. The van der Waals surface area contributed by atoms with Gasteiger partial charge in [0, 0.05) is 38.5 Å². The van der Waals surface area contributed by atoms with Gasteiger partial charge in [-0.15, -0.1) is 0 Å². The van der Waals surface area contributed by atoms with E-state index in [1.54, 1.807) is 0 Å². The van der Waals surface area contributed by atoms with E-state index in [4.69, 9.17) is 0 Å². The lowest BCUT2D eigenvalue weighted by Gasteiger charge is -2.15. The Morgan fingerprint density at radius 3 is 1.77 bits per heavy atom. The van der Waals surface area contributed by atoms with Crippen LogP contribution in [0, 0.1) is 0 Å². The molecule has 0 unspecified atom stereocenters.